The van der Waals surface area contributed by atoms with Crippen LogP contribution in [-0.4, -0.2) is 4.98 Å². The number of anilines is 1. The topological polar surface area (TPSA) is 48.1 Å². The van der Waals surface area contributed by atoms with E-state index in [-0.39, 0.29) is 0 Å². The molecule has 1 aliphatic carbocycles. The molecule has 1 heterocycles. The SMILES string of the molecule is Cc1cc(C)c(Oc2ccc3c(n2)CCC3)cc1N. The molecule has 3 heteroatoms. The molecule has 1 aromatic carbocycles. The van der Waals surface area contributed by atoms with Gasteiger partial charge in [0.05, 0.1) is 0 Å². The van der Waals surface area contributed by atoms with Gasteiger partial charge in [-0.25, -0.2) is 4.98 Å². The Hall–Kier alpha value is -2.03. The minimum Gasteiger partial charge on any atom is -0.439 e. The number of benzene rings is 1. The predicted octanol–water partition coefficient (Wildman–Crippen LogP) is 3.56. The van der Waals surface area contributed by atoms with Crippen molar-refractivity contribution in [3.05, 3.63) is 46.6 Å². The first-order valence-electron chi connectivity index (χ1n) is 6.67. The van der Waals surface area contributed by atoms with Crippen LogP contribution in [0.4, 0.5) is 5.69 Å². The molecule has 0 amide bonds. The predicted molar refractivity (Wildman–Crippen MR) is 76.7 cm³/mol. The number of ether oxygens (including phenoxy) is 1. The molecule has 19 heavy (non-hydrogen) atoms. The molecular formula is C16H18N2O. The summed E-state index contributed by atoms with van der Waals surface area (Å²) in [6.07, 6.45) is 3.39. The number of aromatic nitrogens is 1. The van der Waals surface area contributed by atoms with Crippen molar-refractivity contribution in [2.24, 2.45) is 0 Å². The third kappa shape index (κ3) is 2.28. The number of rotatable bonds is 2. The Morgan fingerprint density at radius 3 is 2.79 bits per heavy atom. The molecule has 0 bridgehead atoms. The molecule has 98 valence electrons. The molecule has 0 atom stereocenters. The van der Waals surface area contributed by atoms with Crippen molar-refractivity contribution in [2.45, 2.75) is 33.1 Å². The molecule has 0 aliphatic heterocycles. The normalized spacial score (nSPS) is 13.4. The smallest absolute Gasteiger partial charge is 0.219 e. The number of nitrogens with zero attached hydrogens (tertiary/aromatic N) is 1. The van der Waals surface area contributed by atoms with Gasteiger partial charge in [-0.2, -0.15) is 0 Å². The fourth-order valence-electron chi connectivity index (χ4n) is 2.53. The summed E-state index contributed by atoms with van der Waals surface area (Å²) in [4.78, 5) is 4.58. The highest BCUT2D eigenvalue weighted by molar-refractivity contribution is 5.54. The van der Waals surface area contributed by atoms with Crippen LogP contribution in [0.25, 0.3) is 0 Å². The zero-order valence-electron chi connectivity index (χ0n) is 11.4. The zero-order chi connectivity index (χ0) is 13.4. The summed E-state index contributed by atoms with van der Waals surface area (Å²) in [6, 6.07) is 7.98. The number of fused-ring (bicyclic) bond motifs is 1. The van der Waals surface area contributed by atoms with Crippen LogP contribution >= 0.6 is 0 Å². The minimum absolute atomic E-state index is 0.659. The Bertz CT molecular complexity index is 635. The summed E-state index contributed by atoms with van der Waals surface area (Å²) < 4.78 is 5.88. The highest BCUT2D eigenvalue weighted by Crippen LogP contribution is 2.30. The van der Waals surface area contributed by atoms with Crippen molar-refractivity contribution in [3.8, 4) is 11.6 Å². The largest absolute Gasteiger partial charge is 0.439 e. The molecule has 3 rings (SSSR count). The van der Waals surface area contributed by atoms with Crippen LogP contribution in [0.2, 0.25) is 0 Å². The van der Waals surface area contributed by atoms with Gasteiger partial charge in [0.2, 0.25) is 5.88 Å². The van der Waals surface area contributed by atoms with Gasteiger partial charge in [0.1, 0.15) is 5.75 Å². The molecule has 2 N–H and O–H groups in total. The number of hydrogen-bond acceptors (Lipinski definition) is 3. The third-order valence-corrected chi connectivity index (χ3v) is 3.68. The fourth-order valence-corrected chi connectivity index (χ4v) is 2.53. The lowest BCUT2D eigenvalue weighted by Gasteiger charge is -2.11. The van der Waals surface area contributed by atoms with Crippen molar-refractivity contribution in [1.29, 1.82) is 0 Å². The Kier molecular flexibility index (Phi) is 2.90. The van der Waals surface area contributed by atoms with E-state index >= 15 is 0 Å². The highest BCUT2D eigenvalue weighted by Gasteiger charge is 2.13. The van der Waals surface area contributed by atoms with E-state index in [0.717, 1.165) is 35.4 Å². The van der Waals surface area contributed by atoms with Crippen molar-refractivity contribution < 1.29 is 4.74 Å². The van der Waals surface area contributed by atoms with Gasteiger partial charge in [0, 0.05) is 23.5 Å². The van der Waals surface area contributed by atoms with Crippen LogP contribution in [-0.2, 0) is 12.8 Å². The lowest BCUT2D eigenvalue weighted by molar-refractivity contribution is 0.458. The first kappa shape index (κ1) is 12.0. The average Bonchev–Trinajstić information content (AvgIpc) is 2.83. The monoisotopic (exact) mass is 254 g/mol. The third-order valence-electron chi connectivity index (χ3n) is 3.68. The lowest BCUT2D eigenvalue weighted by Crippen LogP contribution is -1.97. The van der Waals surface area contributed by atoms with E-state index < -0.39 is 0 Å². The molecule has 0 spiro atoms. The number of nitrogen functional groups attached to an aromatic ring is 1. The molecule has 1 aliphatic rings. The second-order valence-electron chi connectivity index (χ2n) is 5.19. The van der Waals surface area contributed by atoms with Crippen molar-refractivity contribution in [3.63, 3.8) is 0 Å². The first-order chi connectivity index (χ1) is 9.13. The van der Waals surface area contributed by atoms with Crippen LogP contribution in [0.1, 0.15) is 28.8 Å². The standard InChI is InChI=1S/C16H18N2O/c1-10-8-11(2)15(9-13(10)17)19-16-7-6-12-4-3-5-14(12)18-16/h6-9H,3-5,17H2,1-2H3. The van der Waals surface area contributed by atoms with Crippen LogP contribution in [0, 0.1) is 13.8 Å². The highest BCUT2D eigenvalue weighted by atomic mass is 16.5. The van der Waals surface area contributed by atoms with E-state index in [1.54, 1.807) is 0 Å². The van der Waals surface area contributed by atoms with Gasteiger partial charge < -0.3 is 10.5 Å². The summed E-state index contributed by atoms with van der Waals surface area (Å²) in [5.41, 5.74) is 11.4. The van der Waals surface area contributed by atoms with Gasteiger partial charge in [-0.1, -0.05) is 12.1 Å². The summed E-state index contributed by atoms with van der Waals surface area (Å²) in [6.45, 7) is 4.02. The van der Waals surface area contributed by atoms with Crippen molar-refractivity contribution in [2.75, 3.05) is 5.73 Å². The molecule has 0 radical (unpaired) electrons. The molecule has 2 aromatic rings. The van der Waals surface area contributed by atoms with Crippen LogP contribution in [0.15, 0.2) is 24.3 Å². The minimum atomic E-state index is 0.659. The maximum absolute atomic E-state index is 5.93. The van der Waals surface area contributed by atoms with E-state index in [9.17, 15) is 0 Å². The Morgan fingerprint density at radius 1 is 1.11 bits per heavy atom. The van der Waals surface area contributed by atoms with Crippen molar-refractivity contribution in [1.82, 2.24) is 4.98 Å². The van der Waals surface area contributed by atoms with E-state index in [1.807, 2.05) is 32.0 Å². The molecule has 1 aromatic heterocycles. The van der Waals surface area contributed by atoms with E-state index in [1.165, 1.54) is 17.7 Å². The number of nitrogens with two attached hydrogens (primary N) is 1. The quantitative estimate of drug-likeness (QED) is 0.833. The van der Waals surface area contributed by atoms with Gasteiger partial charge in [-0.15, -0.1) is 0 Å². The summed E-state index contributed by atoms with van der Waals surface area (Å²) in [7, 11) is 0. The van der Waals surface area contributed by atoms with Crippen molar-refractivity contribution >= 4 is 5.69 Å². The van der Waals surface area contributed by atoms with Gasteiger partial charge in [0.25, 0.3) is 0 Å². The number of aryl methyl sites for hydroxylation is 4. The summed E-state index contributed by atoms with van der Waals surface area (Å²) in [5.74, 6) is 1.44. The van der Waals surface area contributed by atoms with E-state index in [2.05, 4.69) is 11.1 Å². The van der Waals surface area contributed by atoms with Crippen LogP contribution < -0.4 is 10.5 Å². The van der Waals surface area contributed by atoms with Gasteiger partial charge in [-0.05, 0) is 49.8 Å². The molecule has 0 saturated heterocycles. The first-order valence-corrected chi connectivity index (χ1v) is 6.67. The maximum Gasteiger partial charge on any atom is 0.219 e. The van der Waals surface area contributed by atoms with Gasteiger partial charge >= 0.3 is 0 Å². The second-order valence-corrected chi connectivity index (χ2v) is 5.19. The van der Waals surface area contributed by atoms with E-state index in [4.69, 9.17) is 10.5 Å². The van der Waals surface area contributed by atoms with E-state index in [0.29, 0.717) is 5.88 Å². The van der Waals surface area contributed by atoms with Gasteiger partial charge in [0.15, 0.2) is 0 Å². The molecule has 0 fully saturated rings. The molecule has 0 saturated carbocycles. The number of pyridine rings is 1. The summed E-state index contributed by atoms with van der Waals surface area (Å²) in [5, 5.41) is 0. The average molecular weight is 254 g/mol. The number of hydrogen-bond donors (Lipinski definition) is 1. The van der Waals surface area contributed by atoms with Gasteiger partial charge in [-0.3, -0.25) is 0 Å². The van der Waals surface area contributed by atoms with Crippen LogP contribution in [0.5, 0.6) is 11.6 Å². The maximum atomic E-state index is 5.93. The Balaban J connectivity index is 1.91. The molecule has 3 nitrogen and oxygen atoms in total. The van der Waals surface area contributed by atoms with Crippen LogP contribution in [0.3, 0.4) is 0 Å². The second kappa shape index (κ2) is 4.57. The zero-order valence-corrected chi connectivity index (χ0v) is 11.4. The molecule has 0 unspecified atom stereocenters. The summed E-state index contributed by atoms with van der Waals surface area (Å²) >= 11 is 0. The molecular weight excluding hydrogens is 236 g/mol. The fraction of sp³-hybridized carbons (Fsp3) is 0.312. The Morgan fingerprint density at radius 2 is 1.95 bits per heavy atom. The lowest BCUT2D eigenvalue weighted by atomic mass is 10.1. The Labute approximate surface area is 113 Å².